The quantitative estimate of drug-likeness (QED) is 0.530. The highest BCUT2D eigenvalue weighted by Gasteiger charge is 2.59. The molecule has 0 spiro atoms. The molecule has 1 N–H and O–H groups in total. The van der Waals surface area contributed by atoms with Crippen LogP contribution in [-0.2, 0) is 6.42 Å². The van der Waals surface area contributed by atoms with Gasteiger partial charge in [-0.25, -0.2) is 0 Å². The second-order valence-electron chi connectivity index (χ2n) is 12.0. The van der Waals surface area contributed by atoms with Gasteiger partial charge in [-0.2, -0.15) is 0 Å². The maximum Gasteiger partial charge on any atom is 0.0577 e. The number of aliphatic hydroxyl groups is 1. The van der Waals surface area contributed by atoms with Crippen molar-refractivity contribution in [3.8, 4) is 0 Å². The molecule has 0 aliphatic heterocycles. The van der Waals surface area contributed by atoms with Crippen molar-refractivity contribution in [1.29, 1.82) is 0 Å². The van der Waals surface area contributed by atoms with Crippen molar-refractivity contribution >= 4 is 0 Å². The van der Waals surface area contributed by atoms with E-state index in [9.17, 15) is 5.11 Å². The van der Waals surface area contributed by atoms with Gasteiger partial charge in [0.15, 0.2) is 0 Å². The van der Waals surface area contributed by atoms with Gasteiger partial charge in [0.05, 0.1) is 6.10 Å². The molecule has 0 heterocycles. The van der Waals surface area contributed by atoms with Crippen molar-refractivity contribution in [2.75, 3.05) is 0 Å². The lowest BCUT2D eigenvalue weighted by atomic mass is 9.47. The third-order valence-corrected chi connectivity index (χ3v) is 10.6. The van der Waals surface area contributed by atoms with Crippen molar-refractivity contribution in [3.05, 3.63) is 47.0 Å². The highest BCUT2D eigenvalue weighted by atomic mass is 16.3. The zero-order valence-corrected chi connectivity index (χ0v) is 19.7. The molecule has 4 aliphatic carbocycles. The summed E-state index contributed by atoms with van der Waals surface area (Å²) in [6.45, 7) is 10.0. The normalized spacial score (nSPS) is 43.9. The first-order chi connectivity index (χ1) is 14.3. The number of benzene rings is 1. The second kappa shape index (κ2) is 7.51. The van der Waals surface area contributed by atoms with Crippen LogP contribution in [0.25, 0.3) is 0 Å². The summed E-state index contributed by atoms with van der Waals surface area (Å²) in [7, 11) is 0. The fourth-order valence-electron chi connectivity index (χ4n) is 8.95. The summed E-state index contributed by atoms with van der Waals surface area (Å²) in [5, 5.41) is 10.2. The molecule has 0 unspecified atom stereocenters. The number of allylic oxidation sites excluding steroid dienone is 1. The summed E-state index contributed by atoms with van der Waals surface area (Å²) in [6, 6.07) is 9.02. The molecule has 0 radical (unpaired) electrons. The summed E-state index contributed by atoms with van der Waals surface area (Å²) in [6.07, 6.45) is 13.9. The average molecular weight is 407 g/mol. The molecule has 0 aromatic heterocycles. The van der Waals surface area contributed by atoms with E-state index in [1.165, 1.54) is 50.5 Å². The van der Waals surface area contributed by atoms with Crippen molar-refractivity contribution in [2.24, 2.45) is 40.4 Å². The van der Waals surface area contributed by atoms with Gasteiger partial charge in [0.1, 0.15) is 0 Å². The van der Waals surface area contributed by atoms with Gasteiger partial charge >= 0.3 is 0 Å². The number of hydrogen-bond donors (Lipinski definition) is 1. The minimum absolute atomic E-state index is 0.0899. The molecule has 1 aromatic carbocycles. The van der Waals surface area contributed by atoms with Gasteiger partial charge in [-0.1, -0.05) is 56.7 Å². The molecule has 1 heteroatoms. The Morgan fingerprint density at radius 3 is 2.63 bits per heavy atom. The molecule has 4 aliphatic rings. The summed E-state index contributed by atoms with van der Waals surface area (Å²) in [5.74, 6) is 4.28. The van der Waals surface area contributed by atoms with E-state index >= 15 is 0 Å². The van der Waals surface area contributed by atoms with Crippen LogP contribution >= 0.6 is 0 Å². The van der Waals surface area contributed by atoms with Crippen molar-refractivity contribution in [2.45, 2.75) is 91.6 Å². The van der Waals surface area contributed by atoms with E-state index < -0.39 is 0 Å². The van der Waals surface area contributed by atoms with E-state index in [0.717, 1.165) is 42.4 Å². The van der Waals surface area contributed by atoms with Crippen LogP contribution in [0.3, 0.4) is 0 Å². The Bertz CT molecular complexity index is 823. The fraction of sp³-hybridized carbons (Fsp3) is 0.724. The van der Waals surface area contributed by atoms with Crippen LogP contribution in [0, 0.1) is 47.3 Å². The molecule has 0 bridgehead atoms. The summed E-state index contributed by atoms with van der Waals surface area (Å²) in [4.78, 5) is 0. The maximum absolute atomic E-state index is 10.2. The van der Waals surface area contributed by atoms with Crippen LogP contribution in [-0.4, -0.2) is 11.2 Å². The predicted octanol–water partition coefficient (Wildman–Crippen LogP) is 7.11. The van der Waals surface area contributed by atoms with Gasteiger partial charge in [0.2, 0.25) is 0 Å². The van der Waals surface area contributed by atoms with Gasteiger partial charge in [-0.05, 0) is 116 Å². The highest BCUT2D eigenvalue weighted by molar-refractivity contribution is 5.27. The largest absolute Gasteiger partial charge is 0.393 e. The Balaban J connectivity index is 1.37. The van der Waals surface area contributed by atoms with E-state index in [-0.39, 0.29) is 6.10 Å². The standard InChI is InChI=1S/C29H42O/c1-19-7-5-6-8-21(19)17-20(2)25-11-12-26-24-10-9-22-18-23(30)13-15-28(22,3)27(24)14-16-29(25,26)4/h5-9,20,23-27,30H,10-18H2,1-4H3/t20-,23+,24+,25-,26+,27+,28+,29-/m1/s1. The first kappa shape index (κ1) is 20.8. The van der Waals surface area contributed by atoms with Crippen LogP contribution < -0.4 is 0 Å². The monoisotopic (exact) mass is 406 g/mol. The molecule has 30 heavy (non-hydrogen) atoms. The molecular weight excluding hydrogens is 364 g/mol. The second-order valence-corrected chi connectivity index (χ2v) is 12.0. The lowest BCUT2D eigenvalue weighted by molar-refractivity contribution is -0.0566. The number of aryl methyl sites for hydroxylation is 1. The molecule has 8 atom stereocenters. The van der Waals surface area contributed by atoms with Crippen LogP contribution in [0.5, 0.6) is 0 Å². The van der Waals surface area contributed by atoms with Crippen LogP contribution in [0.15, 0.2) is 35.9 Å². The Morgan fingerprint density at radius 2 is 1.83 bits per heavy atom. The smallest absolute Gasteiger partial charge is 0.0577 e. The number of hydrogen-bond acceptors (Lipinski definition) is 1. The SMILES string of the molecule is Cc1ccccc1C[C@@H](C)[C@H]1CC[C@H]2[C@@H]3CC=C4C[C@@H](O)CC[C@]4(C)[C@H]3CC[C@]12C. The zero-order chi connectivity index (χ0) is 21.1. The van der Waals surface area contributed by atoms with E-state index in [4.69, 9.17) is 0 Å². The zero-order valence-electron chi connectivity index (χ0n) is 19.7. The number of rotatable bonds is 3. The van der Waals surface area contributed by atoms with Crippen LogP contribution in [0.2, 0.25) is 0 Å². The Kier molecular flexibility index (Phi) is 5.20. The Labute approximate surface area is 184 Å². The fourth-order valence-corrected chi connectivity index (χ4v) is 8.95. The third-order valence-electron chi connectivity index (χ3n) is 10.6. The van der Waals surface area contributed by atoms with Crippen molar-refractivity contribution in [3.63, 3.8) is 0 Å². The van der Waals surface area contributed by atoms with Crippen molar-refractivity contribution < 1.29 is 5.11 Å². The minimum Gasteiger partial charge on any atom is -0.393 e. The first-order valence-electron chi connectivity index (χ1n) is 12.7. The van der Waals surface area contributed by atoms with Crippen LogP contribution in [0.1, 0.15) is 83.3 Å². The number of aliphatic hydroxyl groups excluding tert-OH is 1. The van der Waals surface area contributed by atoms with Gasteiger partial charge in [0, 0.05) is 0 Å². The molecule has 1 nitrogen and oxygen atoms in total. The molecular formula is C29H42O. The van der Waals surface area contributed by atoms with E-state index in [1.54, 1.807) is 11.1 Å². The molecule has 3 saturated carbocycles. The number of fused-ring (bicyclic) bond motifs is 5. The van der Waals surface area contributed by atoms with E-state index in [1.807, 2.05) is 0 Å². The highest BCUT2D eigenvalue weighted by Crippen LogP contribution is 2.67. The van der Waals surface area contributed by atoms with Gasteiger partial charge < -0.3 is 5.11 Å². The average Bonchev–Trinajstić information content (AvgIpc) is 3.07. The van der Waals surface area contributed by atoms with Crippen molar-refractivity contribution in [1.82, 2.24) is 0 Å². The first-order valence-corrected chi connectivity index (χ1v) is 12.7. The molecule has 1 aromatic rings. The molecule has 0 amide bonds. The lowest BCUT2D eigenvalue weighted by Crippen LogP contribution is -2.50. The van der Waals surface area contributed by atoms with E-state index in [0.29, 0.717) is 10.8 Å². The topological polar surface area (TPSA) is 20.2 Å². The van der Waals surface area contributed by atoms with Gasteiger partial charge in [0.25, 0.3) is 0 Å². The van der Waals surface area contributed by atoms with E-state index in [2.05, 4.69) is 58.0 Å². The lowest BCUT2D eigenvalue weighted by Gasteiger charge is -2.58. The summed E-state index contributed by atoms with van der Waals surface area (Å²) >= 11 is 0. The predicted molar refractivity (Wildman–Crippen MR) is 125 cm³/mol. The van der Waals surface area contributed by atoms with Gasteiger partial charge in [-0.15, -0.1) is 0 Å². The summed E-state index contributed by atoms with van der Waals surface area (Å²) in [5.41, 5.74) is 5.52. The third kappa shape index (κ3) is 3.14. The maximum atomic E-state index is 10.2. The van der Waals surface area contributed by atoms with Crippen LogP contribution in [0.4, 0.5) is 0 Å². The molecule has 3 fully saturated rings. The minimum atomic E-state index is -0.0899. The summed E-state index contributed by atoms with van der Waals surface area (Å²) < 4.78 is 0. The Morgan fingerprint density at radius 1 is 1.03 bits per heavy atom. The molecule has 164 valence electrons. The van der Waals surface area contributed by atoms with Gasteiger partial charge in [-0.3, -0.25) is 0 Å². The Hall–Kier alpha value is -1.08. The molecule has 5 rings (SSSR count). The molecule has 0 saturated heterocycles.